The van der Waals surface area contributed by atoms with E-state index in [2.05, 4.69) is 5.32 Å². The molecule has 0 aliphatic heterocycles. The highest BCUT2D eigenvalue weighted by molar-refractivity contribution is 5.72. The van der Waals surface area contributed by atoms with E-state index in [4.69, 9.17) is 4.74 Å². The molecular formula is C15H15NO2. The number of carbonyl (C=O) groups is 1. The molecule has 0 spiro atoms. The smallest absolute Gasteiger partial charge is 0.211 e. The number of hydrogen-bond acceptors (Lipinski definition) is 2. The van der Waals surface area contributed by atoms with E-state index in [0.29, 0.717) is 6.41 Å². The second-order valence-electron chi connectivity index (χ2n) is 4.11. The molecule has 2 aromatic rings. The number of nitrogens with one attached hydrogen (secondary N) is 1. The Morgan fingerprint density at radius 1 is 1.00 bits per heavy atom. The van der Waals surface area contributed by atoms with Gasteiger partial charge in [0.15, 0.2) is 0 Å². The highest BCUT2D eigenvalue weighted by Gasteiger charge is 2.04. The minimum Gasteiger partial charge on any atom is -0.457 e. The number of rotatable bonds is 4. The summed E-state index contributed by atoms with van der Waals surface area (Å²) in [5.74, 6) is 1.64. The number of carbonyl (C=O) groups excluding carboxylic acids is 1. The Morgan fingerprint density at radius 3 is 2.39 bits per heavy atom. The predicted octanol–water partition coefficient (Wildman–Crippen LogP) is 3.66. The minimum absolute atomic E-state index is 0.663. The van der Waals surface area contributed by atoms with Crippen molar-refractivity contribution in [3.8, 4) is 11.5 Å². The van der Waals surface area contributed by atoms with Crippen molar-refractivity contribution in [3.63, 3.8) is 0 Å². The van der Waals surface area contributed by atoms with Crippen molar-refractivity contribution in [2.24, 2.45) is 0 Å². The van der Waals surface area contributed by atoms with Gasteiger partial charge in [-0.1, -0.05) is 18.2 Å². The maximum Gasteiger partial charge on any atom is 0.211 e. The van der Waals surface area contributed by atoms with Crippen LogP contribution in [0.2, 0.25) is 0 Å². The van der Waals surface area contributed by atoms with Crippen LogP contribution in [0.1, 0.15) is 11.1 Å². The standard InChI is InChI=1S/C15H15NO2/c1-11-5-3-4-6-14(11)18-15-8-7-13(16-10-17)9-12(15)2/h3-10H,1-2H3,(H,16,17). The van der Waals surface area contributed by atoms with Crippen LogP contribution in [0.25, 0.3) is 0 Å². The molecule has 0 aromatic heterocycles. The first-order valence-electron chi connectivity index (χ1n) is 5.75. The monoisotopic (exact) mass is 241 g/mol. The highest BCUT2D eigenvalue weighted by Crippen LogP contribution is 2.28. The Balaban J connectivity index is 2.25. The Kier molecular flexibility index (Phi) is 3.63. The topological polar surface area (TPSA) is 38.3 Å². The lowest BCUT2D eigenvalue weighted by Crippen LogP contribution is -1.95. The summed E-state index contributed by atoms with van der Waals surface area (Å²) in [7, 11) is 0. The fourth-order valence-electron chi connectivity index (χ4n) is 1.71. The molecule has 1 amide bonds. The lowest BCUT2D eigenvalue weighted by Gasteiger charge is -2.11. The molecule has 0 bridgehead atoms. The van der Waals surface area contributed by atoms with Gasteiger partial charge in [-0.2, -0.15) is 0 Å². The average molecular weight is 241 g/mol. The van der Waals surface area contributed by atoms with Gasteiger partial charge < -0.3 is 10.1 Å². The first kappa shape index (κ1) is 12.2. The molecule has 3 heteroatoms. The van der Waals surface area contributed by atoms with Crippen molar-refractivity contribution in [1.29, 1.82) is 0 Å². The van der Waals surface area contributed by atoms with Crippen molar-refractivity contribution in [3.05, 3.63) is 53.6 Å². The van der Waals surface area contributed by atoms with Gasteiger partial charge in [0.05, 0.1) is 0 Å². The van der Waals surface area contributed by atoms with Crippen LogP contribution in [-0.4, -0.2) is 6.41 Å². The van der Waals surface area contributed by atoms with Crippen molar-refractivity contribution >= 4 is 12.1 Å². The third-order valence-electron chi connectivity index (χ3n) is 2.71. The molecule has 0 atom stereocenters. The molecule has 0 aliphatic rings. The first-order chi connectivity index (χ1) is 8.70. The Labute approximate surface area is 106 Å². The molecule has 0 heterocycles. The minimum atomic E-state index is 0.663. The molecule has 1 N–H and O–H groups in total. The predicted molar refractivity (Wildman–Crippen MR) is 72.1 cm³/mol. The lowest BCUT2D eigenvalue weighted by molar-refractivity contribution is -0.105. The zero-order valence-electron chi connectivity index (χ0n) is 10.4. The summed E-state index contributed by atoms with van der Waals surface area (Å²) in [5, 5.41) is 2.61. The van der Waals surface area contributed by atoms with E-state index in [9.17, 15) is 4.79 Å². The van der Waals surface area contributed by atoms with E-state index in [1.54, 1.807) is 0 Å². The van der Waals surface area contributed by atoms with E-state index in [0.717, 1.165) is 28.3 Å². The van der Waals surface area contributed by atoms with E-state index in [1.807, 2.05) is 56.3 Å². The molecule has 2 rings (SSSR count). The zero-order valence-corrected chi connectivity index (χ0v) is 10.4. The lowest BCUT2D eigenvalue weighted by atomic mass is 10.2. The quantitative estimate of drug-likeness (QED) is 0.829. The van der Waals surface area contributed by atoms with Crippen LogP contribution in [-0.2, 0) is 4.79 Å². The fraction of sp³-hybridized carbons (Fsp3) is 0.133. The van der Waals surface area contributed by atoms with Gasteiger partial charge in [-0.25, -0.2) is 0 Å². The second kappa shape index (κ2) is 5.36. The van der Waals surface area contributed by atoms with Gasteiger partial charge in [0, 0.05) is 5.69 Å². The first-order valence-corrected chi connectivity index (χ1v) is 5.75. The third-order valence-corrected chi connectivity index (χ3v) is 2.71. The third kappa shape index (κ3) is 2.69. The van der Waals surface area contributed by atoms with Crippen LogP contribution >= 0.6 is 0 Å². The van der Waals surface area contributed by atoms with E-state index >= 15 is 0 Å². The Hall–Kier alpha value is -2.29. The zero-order chi connectivity index (χ0) is 13.0. The van der Waals surface area contributed by atoms with Crippen LogP contribution in [0.4, 0.5) is 5.69 Å². The molecular weight excluding hydrogens is 226 g/mol. The average Bonchev–Trinajstić information content (AvgIpc) is 2.35. The largest absolute Gasteiger partial charge is 0.457 e. The normalized spacial score (nSPS) is 9.89. The number of aryl methyl sites for hydroxylation is 2. The summed E-state index contributed by atoms with van der Waals surface area (Å²) < 4.78 is 5.86. The van der Waals surface area contributed by atoms with Gasteiger partial charge in [-0.05, 0) is 49.2 Å². The van der Waals surface area contributed by atoms with Crippen LogP contribution < -0.4 is 10.1 Å². The molecule has 18 heavy (non-hydrogen) atoms. The summed E-state index contributed by atoms with van der Waals surface area (Å²) in [6.45, 7) is 3.95. The number of para-hydroxylation sites is 1. The van der Waals surface area contributed by atoms with Gasteiger partial charge in [0.1, 0.15) is 11.5 Å². The van der Waals surface area contributed by atoms with E-state index < -0.39 is 0 Å². The van der Waals surface area contributed by atoms with Gasteiger partial charge in [-0.15, -0.1) is 0 Å². The van der Waals surface area contributed by atoms with Crippen molar-refractivity contribution < 1.29 is 9.53 Å². The molecule has 2 aromatic carbocycles. The molecule has 92 valence electrons. The second-order valence-corrected chi connectivity index (χ2v) is 4.11. The number of benzene rings is 2. The van der Waals surface area contributed by atoms with Crippen LogP contribution in [0.5, 0.6) is 11.5 Å². The summed E-state index contributed by atoms with van der Waals surface area (Å²) >= 11 is 0. The maximum atomic E-state index is 10.4. The van der Waals surface area contributed by atoms with Crippen LogP contribution in [0, 0.1) is 13.8 Å². The molecule has 0 saturated carbocycles. The van der Waals surface area contributed by atoms with Crippen molar-refractivity contribution in [2.45, 2.75) is 13.8 Å². The van der Waals surface area contributed by atoms with Gasteiger partial charge in [0.25, 0.3) is 0 Å². The Morgan fingerprint density at radius 2 is 1.72 bits per heavy atom. The Bertz CT molecular complexity index is 564. The van der Waals surface area contributed by atoms with Gasteiger partial charge in [0.2, 0.25) is 6.41 Å². The summed E-state index contributed by atoms with van der Waals surface area (Å²) in [4.78, 5) is 10.4. The number of anilines is 1. The fourth-order valence-corrected chi connectivity index (χ4v) is 1.71. The van der Waals surface area contributed by atoms with Crippen molar-refractivity contribution in [1.82, 2.24) is 0 Å². The number of amides is 1. The molecule has 0 aliphatic carbocycles. The molecule has 3 nitrogen and oxygen atoms in total. The number of ether oxygens (including phenoxy) is 1. The summed E-state index contributed by atoms with van der Waals surface area (Å²) in [6.07, 6.45) is 0.663. The summed E-state index contributed by atoms with van der Waals surface area (Å²) in [6, 6.07) is 13.4. The molecule has 0 radical (unpaired) electrons. The SMILES string of the molecule is Cc1ccccc1Oc1ccc(NC=O)cc1C. The summed E-state index contributed by atoms with van der Waals surface area (Å²) in [5.41, 5.74) is 2.83. The molecule has 0 unspecified atom stereocenters. The van der Waals surface area contributed by atoms with Crippen molar-refractivity contribution in [2.75, 3.05) is 5.32 Å². The van der Waals surface area contributed by atoms with Gasteiger partial charge >= 0.3 is 0 Å². The van der Waals surface area contributed by atoms with Gasteiger partial charge in [-0.3, -0.25) is 4.79 Å². The van der Waals surface area contributed by atoms with E-state index in [1.165, 1.54) is 0 Å². The highest BCUT2D eigenvalue weighted by atomic mass is 16.5. The molecule has 0 saturated heterocycles. The molecule has 0 fully saturated rings. The number of hydrogen-bond donors (Lipinski definition) is 1. The maximum absolute atomic E-state index is 10.4. The van der Waals surface area contributed by atoms with Crippen LogP contribution in [0.15, 0.2) is 42.5 Å². The van der Waals surface area contributed by atoms with Crippen LogP contribution in [0.3, 0.4) is 0 Å². The van der Waals surface area contributed by atoms with E-state index in [-0.39, 0.29) is 0 Å².